The number of nitrogens with zero attached hydrogens (tertiary/aromatic N) is 1. The quantitative estimate of drug-likeness (QED) is 0.234. The molecule has 3 aromatic carbocycles. The lowest BCUT2D eigenvalue weighted by Crippen LogP contribution is -2.29. The molecular formula is C31H33NO6. The summed E-state index contributed by atoms with van der Waals surface area (Å²) in [5.74, 6) is 0.378. The molecule has 0 saturated carbocycles. The maximum atomic E-state index is 13.5. The molecule has 1 heterocycles. The molecule has 0 aromatic heterocycles. The fourth-order valence-electron chi connectivity index (χ4n) is 4.77. The lowest BCUT2D eigenvalue weighted by atomic mass is 9.93. The van der Waals surface area contributed by atoms with Crippen molar-refractivity contribution in [2.24, 2.45) is 0 Å². The number of aliphatic hydroxyl groups is 1. The van der Waals surface area contributed by atoms with Gasteiger partial charge >= 0.3 is 0 Å². The number of carbonyl (C=O) groups is 2. The van der Waals surface area contributed by atoms with E-state index in [4.69, 9.17) is 14.2 Å². The summed E-state index contributed by atoms with van der Waals surface area (Å²) >= 11 is 0. The first-order chi connectivity index (χ1) is 18.1. The van der Waals surface area contributed by atoms with Gasteiger partial charge in [0.15, 0.2) is 0 Å². The Hall–Kier alpha value is -4.26. The summed E-state index contributed by atoms with van der Waals surface area (Å²) in [6.45, 7) is 7.73. The topological polar surface area (TPSA) is 85.3 Å². The lowest BCUT2D eigenvalue weighted by Gasteiger charge is -2.26. The molecular weight excluding hydrogens is 482 g/mol. The minimum Gasteiger partial charge on any atom is -0.507 e. The van der Waals surface area contributed by atoms with E-state index in [1.165, 1.54) is 4.90 Å². The monoisotopic (exact) mass is 515 g/mol. The minimum absolute atomic E-state index is 0.000772. The Morgan fingerprint density at radius 1 is 0.921 bits per heavy atom. The van der Waals surface area contributed by atoms with Crippen molar-refractivity contribution in [3.8, 4) is 17.2 Å². The summed E-state index contributed by atoms with van der Waals surface area (Å²) in [6.07, 6.45) is 0.000772. The number of ether oxygens (including phenoxy) is 3. The standard InChI is InChI=1S/C31H33NO6/c1-18(2)38-23-12-10-22(11-13-23)28-27(29(33)25-14-20(4)26(37-6)15-19(25)3)30(34)31(35)32(28)17-21-8-7-9-24(16-21)36-5/h7-16,18,28,33H,17H2,1-6H3/b29-27+. The Morgan fingerprint density at radius 2 is 1.63 bits per heavy atom. The van der Waals surface area contributed by atoms with Crippen molar-refractivity contribution in [3.63, 3.8) is 0 Å². The van der Waals surface area contributed by atoms with E-state index in [2.05, 4.69) is 0 Å². The number of carbonyl (C=O) groups excluding carboxylic acids is 2. The molecule has 0 bridgehead atoms. The third-order valence-corrected chi connectivity index (χ3v) is 6.59. The first-order valence-electron chi connectivity index (χ1n) is 12.5. The maximum Gasteiger partial charge on any atom is 0.295 e. The van der Waals surface area contributed by atoms with Gasteiger partial charge in [0.25, 0.3) is 11.7 Å². The second-order valence-electron chi connectivity index (χ2n) is 9.65. The molecule has 4 rings (SSSR count). The van der Waals surface area contributed by atoms with Crippen LogP contribution in [0, 0.1) is 13.8 Å². The zero-order valence-electron chi connectivity index (χ0n) is 22.6. The third-order valence-electron chi connectivity index (χ3n) is 6.59. The van der Waals surface area contributed by atoms with Crippen molar-refractivity contribution in [1.82, 2.24) is 4.90 Å². The van der Waals surface area contributed by atoms with Gasteiger partial charge in [0.1, 0.15) is 23.0 Å². The molecule has 7 heteroatoms. The van der Waals surface area contributed by atoms with Gasteiger partial charge in [0.2, 0.25) is 0 Å². The van der Waals surface area contributed by atoms with Crippen LogP contribution in [0.15, 0.2) is 66.2 Å². The zero-order chi connectivity index (χ0) is 27.6. The van der Waals surface area contributed by atoms with Gasteiger partial charge in [-0.3, -0.25) is 9.59 Å². The predicted molar refractivity (Wildman–Crippen MR) is 146 cm³/mol. The van der Waals surface area contributed by atoms with E-state index < -0.39 is 17.7 Å². The van der Waals surface area contributed by atoms with Crippen molar-refractivity contribution in [1.29, 1.82) is 0 Å². The number of amides is 1. The van der Waals surface area contributed by atoms with Crippen LogP contribution >= 0.6 is 0 Å². The molecule has 1 saturated heterocycles. The number of methoxy groups -OCH3 is 2. The maximum absolute atomic E-state index is 13.5. The molecule has 1 atom stereocenters. The van der Waals surface area contributed by atoms with Gasteiger partial charge in [-0.2, -0.15) is 0 Å². The van der Waals surface area contributed by atoms with Crippen molar-refractivity contribution < 1.29 is 28.9 Å². The molecule has 1 N–H and O–H groups in total. The number of aryl methyl sites for hydroxylation is 2. The van der Waals surface area contributed by atoms with Gasteiger partial charge < -0.3 is 24.2 Å². The Labute approximate surface area is 223 Å². The number of Topliss-reactive ketones (excluding diaryl/α,β-unsaturated/α-hetero) is 1. The number of rotatable bonds is 8. The summed E-state index contributed by atoms with van der Waals surface area (Å²) in [5, 5.41) is 11.5. The van der Waals surface area contributed by atoms with Gasteiger partial charge in [-0.15, -0.1) is 0 Å². The first kappa shape index (κ1) is 26.8. The molecule has 0 radical (unpaired) electrons. The van der Waals surface area contributed by atoms with Gasteiger partial charge in [-0.05, 0) is 86.3 Å². The molecule has 1 unspecified atom stereocenters. The van der Waals surface area contributed by atoms with Crippen LogP contribution in [0.25, 0.3) is 5.76 Å². The molecule has 198 valence electrons. The number of likely N-dealkylation sites (tertiary alicyclic amines) is 1. The van der Waals surface area contributed by atoms with Crippen molar-refractivity contribution in [3.05, 3.63) is 94.1 Å². The normalized spacial score (nSPS) is 16.7. The highest BCUT2D eigenvalue weighted by Gasteiger charge is 2.46. The first-order valence-corrected chi connectivity index (χ1v) is 12.5. The highest BCUT2D eigenvalue weighted by molar-refractivity contribution is 6.46. The smallest absolute Gasteiger partial charge is 0.295 e. The average molecular weight is 516 g/mol. The number of hydrogen-bond acceptors (Lipinski definition) is 6. The van der Waals surface area contributed by atoms with Crippen LogP contribution in [0.2, 0.25) is 0 Å². The molecule has 1 amide bonds. The Bertz CT molecular complexity index is 1390. The number of hydrogen-bond donors (Lipinski definition) is 1. The number of benzene rings is 3. The van der Waals surface area contributed by atoms with E-state index >= 15 is 0 Å². The Balaban J connectivity index is 1.86. The van der Waals surface area contributed by atoms with Crippen molar-refractivity contribution in [2.45, 2.75) is 46.4 Å². The van der Waals surface area contributed by atoms with E-state index in [9.17, 15) is 14.7 Å². The molecule has 0 aliphatic carbocycles. The second-order valence-corrected chi connectivity index (χ2v) is 9.65. The third kappa shape index (κ3) is 5.23. The predicted octanol–water partition coefficient (Wildman–Crippen LogP) is 5.73. The van der Waals surface area contributed by atoms with Gasteiger partial charge in [0, 0.05) is 12.1 Å². The van der Waals surface area contributed by atoms with Crippen molar-refractivity contribution in [2.75, 3.05) is 14.2 Å². The molecule has 0 spiro atoms. The largest absolute Gasteiger partial charge is 0.507 e. The molecule has 38 heavy (non-hydrogen) atoms. The fraction of sp³-hybridized carbons (Fsp3) is 0.290. The zero-order valence-corrected chi connectivity index (χ0v) is 22.6. The van der Waals surface area contributed by atoms with Crippen LogP contribution in [-0.2, 0) is 16.1 Å². The van der Waals surface area contributed by atoms with Gasteiger partial charge in [-0.1, -0.05) is 24.3 Å². The summed E-state index contributed by atoms with van der Waals surface area (Å²) in [6, 6.07) is 17.4. The Kier molecular flexibility index (Phi) is 7.76. The van der Waals surface area contributed by atoms with Crippen LogP contribution < -0.4 is 14.2 Å². The van der Waals surface area contributed by atoms with E-state index in [0.717, 1.165) is 16.7 Å². The van der Waals surface area contributed by atoms with Gasteiger partial charge in [-0.25, -0.2) is 0 Å². The van der Waals surface area contributed by atoms with Gasteiger partial charge in [0.05, 0.1) is 31.9 Å². The average Bonchev–Trinajstić information content (AvgIpc) is 3.14. The molecule has 1 aliphatic rings. The molecule has 1 fully saturated rings. The highest BCUT2D eigenvalue weighted by atomic mass is 16.5. The molecule has 1 aliphatic heterocycles. The lowest BCUT2D eigenvalue weighted by molar-refractivity contribution is -0.140. The second kappa shape index (κ2) is 11.0. The van der Waals surface area contributed by atoms with E-state index in [1.807, 2.05) is 82.3 Å². The van der Waals surface area contributed by atoms with Crippen LogP contribution in [0.1, 0.15) is 47.7 Å². The summed E-state index contributed by atoms with van der Waals surface area (Å²) in [7, 11) is 3.16. The van der Waals surface area contributed by atoms with Crippen LogP contribution in [-0.4, -0.2) is 42.0 Å². The fourth-order valence-corrected chi connectivity index (χ4v) is 4.77. The van der Waals surface area contributed by atoms with Crippen molar-refractivity contribution >= 4 is 17.4 Å². The number of aliphatic hydroxyl groups excluding tert-OH is 1. The SMILES string of the molecule is COc1cccc(CN2C(=O)C(=O)/C(=C(/O)c3cc(C)c(OC)cc3C)C2c2ccc(OC(C)C)cc2)c1. The van der Waals surface area contributed by atoms with E-state index in [1.54, 1.807) is 20.3 Å². The Morgan fingerprint density at radius 3 is 2.26 bits per heavy atom. The summed E-state index contributed by atoms with van der Waals surface area (Å²) in [5.41, 5.74) is 3.54. The van der Waals surface area contributed by atoms with E-state index in [0.29, 0.717) is 28.4 Å². The summed E-state index contributed by atoms with van der Waals surface area (Å²) in [4.78, 5) is 28.4. The molecule has 7 nitrogen and oxygen atoms in total. The minimum atomic E-state index is -0.795. The number of ketones is 1. The van der Waals surface area contributed by atoms with Crippen LogP contribution in [0.3, 0.4) is 0 Å². The van der Waals surface area contributed by atoms with Crippen LogP contribution in [0.5, 0.6) is 17.2 Å². The van der Waals surface area contributed by atoms with Crippen LogP contribution in [0.4, 0.5) is 0 Å². The summed E-state index contributed by atoms with van der Waals surface area (Å²) < 4.78 is 16.5. The van der Waals surface area contributed by atoms with E-state index in [-0.39, 0.29) is 24.0 Å². The highest BCUT2D eigenvalue weighted by Crippen LogP contribution is 2.42. The molecule has 3 aromatic rings.